The van der Waals surface area contributed by atoms with Crippen molar-refractivity contribution in [2.45, 2.75) is 70.9 Å². The Morgan fingerprint density at radius 1 is 1.30 bits per heavy atom. The molecule has 4 heteroatoms. The number of Topliss-reactive ketones (excluding diaryl/α,β-unsaturated/α-hetero) is 1. The van der Waals surface area contributed by atoms with Crippen molar-refractivity contribution in [3.05, 3.63) is 0 Å². The fourth-order valence-corrected chi connectivity index (χ4v) is 3.64. The Morgan fingerprint density at radius 3 is 2.80 bits per heavy atom. The van der Waals surface area contributed by atoms with Crippen LogP contribution in [0.4, 0.5) is 0 Å². The van der Waals surface area contributed by atoms with Gasteiger partial charge in [-0.3, -0.25) is 14.5 Å². The van der Waals surface area contributed by atoms with Crippen LogP contribution in [0.1, 0.15) is 58.8 Å². The van der Waals surface area contributed by atoms with Crippen molar-refractivity contribution in [3.8, 4) is 0 Å². The van der Waals surface area contributed by atoms with E-state index in [0.717, 1.165) is 38.8 Å². The van der Waals surface area contributed by atoms with Crippen LogP contribution in [-0.2, 0) is 9.59 Å². The quantitative estimate of drug-likeness (QED) is 0.839. The number of likely N-dealkylation sites (tertiary alicyclic amines) is 1. The van der Waals surface area contributed by atoms with Crippen LogP contribution in [0.3, 0.4) is 0 Å². The molecule has 1 saturated heterocycles. The van der Waals surface area contributed by atoms with Crippen molar-refractivity contribution < 1.29 is 9.59 Å². The molecule has 20 heavy (non-hydrogen) atoms. The number of carbonyl (C=O) groups is 2. The highest BCUT2D eigenvalue weighted by Crippen LogP contribution is 2.32. The summed E-state index contributed by atoms with van der Waals surface area (Å²) in [5.74, 6) is 0.819. The zero-order valence-electron chi connectivity index (χ0n) is 12.9. The Balaban J connectivity index is 1.84. The Morgan fingerprint density at radius 2 is 2.10 bits per heavy atom. The summed E-state index contributed by atoms with van der Waals surface area (Å²) in [5.41, 5.74) is 0. The van der Waals surface area contributed by atoms with E-state index in [0.29, 0.717) is 18.2 Å². The Hall–Kier alpha value is -0.900. The van der Waals surface area contributed by atoms with Gasteiger partial charge in [0.2, 0.25) is 5.91 Å². The molecule has 0 bridgehead atoms. The summed E-state index contributed by atoms with van der Waals surface area (Å²) >= 11 is 0. The lowest BCUT2D eigenvalue weighted by Crippen LogP contribution is -2.42. The van der Waals surface area contributed by atoms with Gasteiger partial charge in [-0.2, -0.15) is 0 Å². The average Bonchev–Trinajstić information content (AvgIpc) is 2.84. The van der Waals surface area contributed by atoms with Crippen molar-refractivity contribution >= 4 is 11.7 Å². The molecule has 0 aromatic carbocycles. The predicted octanol–water partition coefficient (Wildman–Crippen LogP) is 2.12. The maximum atomic E-state index is 12.1. The van der Waals surface area contributed by atoms with E-state index >= 15 is 0 Å². The highest BCUT2D eigenvalue weighted by molar-refractivity contribution is 5.82. The molecule has 0 radical (unpaired) electrons. The molecule has 0 spiro atoms. The van der Waals surface area contributed by atoms with Crippen LogP contribution in [0.2, 0.25) is 0 Å². The Bertz CT molecular complexity index is 354. The second-order valence-electron chi connectivity index (χ2n) is 6.54. The van der Waals surface area contributed by atoms with Crippen molar-refractivity contribution in [1.29, 1.82) is 0 Å². The Kier molecular flexibility index (Phi) is 5.58. The lowest BCUT2D eigenvalue weighted by molar-refractivity contribution is -0.126. The van der Waals surface area contributed by atoms with Gasteiger partial charge < -0.3 is 5.32 Å². The fraction of sp³-hybridized carbons (Fsp3) is 0.875. The van der Waals surface area contributed by atoms with Crippen molar-refractivity contribution in [1.82, 2.24) is 10.2 Å². The van der Waals surface area contributed by atoms with Crippen LogP contribution in [-0.4, -0.2) is 41.8 Å². The first-order chi connectivity index (χ1) is 9.58. The summed E-state index contributed by atoms with van der Waals surface area (Å²) in [4.78, 5) is 26.2. The molecule has 2 fully saturated rings. The SMILES string of the molecule is CC(C)NC(=O)CCN1CCCC1C1CCCCC1=O. The maximum Gasteiger partial charge on any atom is 0.221 e. The first-order valence-corrected chi connectivity index (χ1v) is 8.14. The molecule has 114 valence electrons. The van der Waals surface area contributed by atoms with Crippen LogP contribution >= 0.6 is 0 Å². The van der Waals surface area contributed by atoms with E-state index in [2.05, 4.69) is 10.2 Å². The second-order valence-corrected chi connectivity index (χ2v) is 6.54. The predicted molar refractivity (Wildman–Crippen MR) is 79.5 cm³/mol. The molecule has 1 aliphatic heterocycles. The van der Waals surface area contributed by atoms with Gasteiger partial charge >= 0.3 is 0 Å². The van der Waals surface area contributed by atoms with Gasteiger partial charge in [-0.1, -0.05) is 6.42 Å². The van der Waals surface area contributed by atoms with E-state index < -0.39 is 0 Å². The van der Waals surface area contributed by atoms with E-state index in [9.17, 15) is 9.59 Å². The summed E-state index contributed by atoms with van der Waals surface area (Å²) in [5, 5.41) is 2.94. The summed E-state index contributed by atoms with van der Waals surface area (Å²) < 4.78 is 0. The molecular formula is C16H28N2O2. The van der Waals surface area contributed by atoms with Crippen LogP contribution in [0.25, 0.3) is 0 Å². The van der Waals surface area contributed by atoms with Gasteiger partial charge in [0.25, 0.3) is 0 Å². The number of nitrogens with one attached hydrogen (secondary N) is 1. The van der Waals surface area contributed by atoms with Gasteiger partial charge in [0.05, 0.1) is 0 Å². The third-order valence-corrected chi connectivity index (χ3v) is 4.56. The summed E-state index contributed by atoms with van der Waals surface area (Å²) in [6.07, 6.45) is 6.92. The third kappa shape index (κ3) is 4.05. The Labute approximate surface area is 122 Å². The van der Waals surface area contributed by atoms with E-state index in [1.165, 1.54) is 12.8 Å². The van der Waals surface area contributed by atoms with Gasteiger partial charge in [-0.25, -0.2) is 0 Å². The lowest BCUT2D eigenvalue weighted by Gasteiger charge is -2.33. The number of rotatable bonds is 5. The molecule has 1 heterocycles. The van der Waals surface area contributed by atoms with Crippen LogP contribution < -0.4 is 5.32 Å². The molecule has 1 saturated carbocycles. The molecule has 1 aliphatic carbocycles. The largest absolute Gasteiger partial charge is 0.354 e. The van der Waals surface area contributed by atoms with Crippen LogP contribution in [0, 0.1) is 5.92 Å². The van der Waals surface area contributed by atoms with E-state index in [-0.39, 0.29) is 17.9 Å². The van der Waals surface area contributed by atoms with Crippen molar-refractivity contribution in [2.24, 2.45) is 5.92 Å². The lowest BCUT2D eigenvalue weighted by atomic mass is 9.82. The standard InChI is InChI=1S/C16H28N2O2/c1-12(2)17-16(20)9-11-18-10-5-7-14(18)13-6-3-4-8-15(13)19/h12-14H,3-11H2,1-2H3,(H,17,20). The molecule has 4 nitrogen and oxygen atoms in total. The summed E-state index contributed by atoms with van der Waals surface area (Å²) in [6.45, 7) is 5.81. The zero-order chi connectivity index (χ0) is 14.5. The molecule has 2 aliphatic rings. The maximum absolute atomic E-state index is 12.1. The van der Waals surface area contributed by atoms with E-state index in [1.807, 2.05) is 13.8 Å². The molecular weight excluding hydrogens is 252 g/mol. The molecule has 2 atom stereocenters. The molecule has 1 N–H and O–H groups in total. The topological polar surface area (TPSA) is 49.4 Å². The summed E-state index contributed by atoms with van der Waals surface area (Å²) in [6, 6.07) is 0.603. The summed E-state index contributed by atoms with van der Waals surface area (Å²) in [7, 11) is 0. The monoisotopic (exact) mass is 280 g/mol. The number of amides is 1. The van der Waals surface area contributed by atoms with Gasteiger partial charge in [0, 0.05) is 37.4 Å². The van der Waals surface area contributed by atoms with E-state index in [4.69, 9.17) is 0 Å². The zero-order valence-corrected chi connectivity index (χ0v) is 12.9. The third-order valence-electron chi connectivity index (χ3n) is 4.56. The van der Waals surface area contributed by atoms with Gasteiger partial charge in [-0.05, 0) is 46.1 Å². The molecule has 1 amide bonds. The highest BCUT2D eigenvalue weighted by atomic mass is 16.1. The van der Waals surface area contributed by atoms with Crippen molar-refractivity contribution in [3.63, 3.8) is 0 Å². The molecule has 2 unspecified atom stereocenters. The number of carbonyl (C=O) groups excluding carboxylic acids is 2. The van der Waals surface area contributed by atoms with Crippen LogP contribution in [0.5, 0.6) is 0 Å². The smallest absolute Gasteiger partial charge is 0.221 e. The van der Waals surface area contributed by atoms with E-state index in [1.54, 1.807) is 0 Å². The second kappa shape index (κ2) is 7.21. The number of ketones is 1. The van der Waals surface area contributed by atoms with Crippen molar-refractivity contribution in [2.75, 3.05) is 13.1 Å². The normalized spacial score (nSPS) is 28.1. The minimum absolute atomic E-state index is 0.126. The van der Waals surface area contributed by atoms with Crippen LogP contribution in [0.15, 0.2) is 0 Å². The number of hydrogen-bond donors (Lipinski definition) is 1. The highest BCUT2D eigenvalue weighted by Gasteiger charge is 2.36. The first-order valence-electron chi connectivity index (χ1n) is 8.14. The van der Waals surface area contributed by atoms with Gasteiger partial charge in [0.1, 0.15) is 5.78 Å². The number of nitrogens with zero attached hydrogens (tertiary/aromatic N) is 1. The van der Waals surface area contributed by atoms with Gasteiger partial charge in [-0.15, -0.1) is 0 Å². The molecule has 0 aromatic rings. The molecule has 0 aromatic heterocycles. The van der Waals surface area contributed by atoms with Gasteiger partial charge in [0.15, 0.2) is 0 Å². The average molecular weight is 280 g/mol. The minimum atomic E-state index is 0.126. The minimum Gasteiger partial charge on any atom is -0.354 e. The first kappa shape index (κ1) is 15.5. The molecule has 2 rings (SSSR count). The number of hydrogen-bond acceptors (Lipinski definition) is 3. The fourth-order valence-electron chi connectivity index (χ4n) is 3.64.